The van der Waals surface area contributed by atoms with Crippen molar-refractivity contribution >= 4 is 28.2 Å². The molecule has 29 heavy (non-hydrogen) atoms. The molecule has 0 aliphatic carbocycles. The number of thiophene rings is 1. The van der Waals surface area contributed by atoms with E-state index in [9.17, 15) is 9.59 Å². The zero-order chi connectivity index (χ0) is 21.0. The van der Waals surface area contributed by atoms with Gasteiger partial charge in [-0.05, 0) is 56.0 Å². The minimum Gasteiger partial charge on any atom is -0.462 e. The third-order valence-electron chi connectivity index (χ3n) is 4.50. The molecule has 0 spiro atoms. The van der Waals surface area contributed by atoms with E-state index in [2.05, 4.69) is 17.2 Å². The van der Waals surface area contributed by atoms with Crippen LogP contribution in [0, 0.1) is 13.8 Å². The van der Waals surface area contributed by atoms with Crippen molar-refractivity contribution in [2.75, 3.05) is 11.9 Å². The predicted octanol–water partition coefficient (Wildman–Crippen LogP) is 5.42. The number of aryl methyl sites for hydroxylation is 3. The summed E-state index contributed by atoms with van der Waals surface area (Å²) in [6.07, 6.45) is 0.943. The highest BCUT2D eigenvalue weighted by Crippen LogP contribution is 2.36. The van der Waals surface area contributed by atoms with E-state index in [0.29, 0.717) is 16.3 Å². The van der Waals surface area contributed by atoms with Crippen LogP contribution in [0.4, 0.5) is 5.00 Å². The molecule has 0 bridgehead atoms. The van der Waals surface area contributed by atoms with Crippen LogP contribution in [-0.4, -0.2) is 23.5 Å². The Labute approximate surface area is 174 Å². The molecular weight excluding hydrogens is 384 g/mol. The number of nitrogens with one attached hydrogen (secondary N) is 1. The second kappa shape index (κ2) is 9.01. The van der Waals surface area contributed by atoms with E-state index in [1.165, 1.54) is 16.9 Å². The number of carbonyl (C=O) groups excluding carboxylic acids is 2. The maximum atomic E-state index is 12.8. The number of esters is 1. The van der Waals surface area contributed by atoms with Gasteiger partial charge in [-0.2, -0.15) is 0 Å². The van der Waals surface area contributed by atoms with E-state index in [1.54, 1.807) is 13.0 Å². The number of carbonyl (C=O) groups is 2. The molecule has 2 heterocycles. The summed E-state index contributed by atoms with van der Waals surface area (Å²) >= 11 is 1.31. The maximum Gasteiger partial charge on any atom is 0.341 e. The number of hydrogen-bond donors (Lipinski definition) is 1. The Morgan fingerprint density at radius 1 is 1.10 bits per heavy atom. The number of rotatable bonds is 6. The summed E-state index contributed by atoms with van der Waals surface area (Å²) in [5.41, 5.74) is 5.29. The van der Waals surface area contributed by atoms with Crippen LogP contribution in [-0.2, 0) is 11.2 Å². The number of amides is 1. The Hall–Kier alpha value is -2.99. The van der Waals surface area contributed by atoms with Gasteiger partial charge in [-0.15, -0.1) is 11.3 Å². The molecule has 0 saturated heterocycles. The fourth-order valence-corrected chi connectivity index (χ4v) is 4.07. The fourth-order valence-electron chi connectivity index (χ4n) is 3.11. The van der Waals surface area contributed by atoms with Gasteiger partial charge in [-0.1, -0.05) is 31.2 Å². The summed E-state index contributed by atoms with van der Waals surface area (Å²) in [6.45, 7) is 7.88. The van der Waals surface area contributed by atoms with Crippen LogP contribution >= 0.6 is 11.3 Å². The number of aromatic nitrogens is 1. The van der Waals surface area contributed by atoms with Gasteiger partial charge in [0.1, 0.15) is 16.3 Å². The van der Waals surface area contributed by atoms with Gasteiger partial charge in [0.05, 0.1) is 6.61 Å². The Kier molecular flexibility index (Phi) is 6.44. The van der Waals surface area contributed by atoms with E-state index in [1.807, 2.05) is 49.6 Å². The van der Waals surface area contributed by atoms with Gasteiger partial charge < -0.3 is 10.1 Å². The maximum absolute atomic E-state index is 12.8. The lowest BCUT2D eigenvalue weighted by Gasteiger charge is -2.09. The third kappa shape index (κ3) is 4.71. The van der Waals surface area contributed by atoms with Gasteiger partial charge in [0.25, 0.3) is 5.91 Å². The average Bonchev–Trinajstić information content (AvgIpc) is 3.11. The normalized spacial score (nSPS) is 10.6. The lowest BCUT2D eigenvalue weighted by molar-refractivity contribution is 0.0529. The molecule has 0 aliphatic rings. The van der Waals surface area contributed by atoms with Crippen LogP contribution in [0.15, 0.2) is 41.8 Å². The number of nitrogens with zero attached hydrogens (tertiary/aromatic N) is 1. The molecule has 2 aromatic heterocycles. The lowest BCUT2D eigenvalue weighted by atomic mass is 10.0. The van der Waals surface area contributed by atoms with Crippen LogP contribution in [0.3, 0.4) is 0 Å². The largest absolute Gasteiger partial charge is 0.462 e. The molecule has 0 fully saturated rings. The fraction of sp³-hybridized carbons (Fsp3) is 0.261. The predicted molar refractivity (Wildman–Crippen MR) is 117 cm³/mol. The van der Waals surface area contributed by atoms with Gasteiger partial charge in [0.2, 0.25) is 0 Å². The van der Waals surface area contributed by atoms with E-state index in [-0.39, 0.29) is 12.5 Å². The Balaban J connectivity index is 1.98. The smallest absolute Gasteiger partial charge is 0.341 e. The second-order valence-corrected chi connectivity index (χ2v) is 7.63. The highest BCUT2D eigenvalue weighted by molar-refractivity contribution is 7.15. The van der Waals surface area contributed by atoms with E-state index < -0.39 is 5.97 Å². The third-order valence-corrected chi connectivity index (χ3v) is 5.40. The number of pyridine rings is 1. The number of anilines is 1. The van der Waals surface area contributed by atoms with E-state index in [0.717, 1.165) is 28.8 Å². The van der Waals surface area contributed by atoms with Crippen LogP contribution in [0.25, 0.3) is 11.1 Å². The molecule has 1 N–H and O–H groups in total. The summed E-state index contributed by atoms with van der Waals surface area (Å²) < 4.78 is 5.26. The number of hydrogen-bond acceptors (Lipinski definition) is 5. The van der Waals surface area contributed by atoms with Crippen molar-refractivity contribution in [2.24, 2.45) is 0 Å². The summed E-state index contributed by atoms with van der Waals surface area (Å²) in [6, 6.07) is 11.7. The minimum atomic E-state index is -0.452. The summed E-state index contributed by atoms with van der Waals surface area (Å²) in [5, 5.41) is 5.18. The first-order chi connectivity index (χ1) is 13.9. The highest BCUT2D eigenvalue weighted by atomic mass is 32.1. The zero-order valence-electron chi connectivity index (χ0n) is 17.0. The molecule has 0 saturated carbocycles. The summed E-state index contributed by atoms with van der Waals surface area (Å²) in [5.74, 6) is -0.802. The van der Waals surface area contributed by atoms with Crippen LogP contribution < -0.4 is 5.32 Å². The molecule has 0 radical (unpaired) electrons. The van der Waals surface area contributed by atoms with Crippen LogP contribution in [0.1, 0.15) is 51.5 Å². The lowest BCUT2D eigenvalue weighted by Crippen LogP contribution is -2.16. The van der Waals surface area contributed by atoms with Crippen molar-refractivity contribution in [3.63, 3.8) is 0 Å². The van der Waals surface area contributed by atoms with Crippen molar-refractivity contribution in [3.05, 3.63) is 69.9 Å². The van der Waals surface area contributed by atoms with Crippen molar-refractivity contribution < 1.29 is 14.3 Å². The molecule has 1 amide bonds. The molecular formula is C23H24N2O3S. The quantitative estimate of drug-likeness (QED) is 0.553. The monoisotopic (exact) mass is 408 g/mol. The van der Waals surface area contributed by atoms with Crippen molar-refractivity contribution in [1.82, 2.24) is 4.98 Å². The second-order valence-electron chi connectivity index (χ2n) is 6.75. The van der Waals surface area contributed by atoms with Gasteiger partial charge >= 0.3 is 5.97 Å². The molecule has 0 atom stereocenters. The van der Waals surface area contributed by atoms with Crippen LogP contribution in [0.2, 0.25) is 0 Å². The molecule has 3 rings (SSSR count). The molecule has 3 aromatic rings. The summed E-state index contributed by atoms with van der Waals surface area (Å²) in [7, 11) is 0. The Morgan fingerprint density at radius 3 is 2.45 bits per heavy atom. The molecule has 6 heteroatoms. The van der Waals surface area contributed by atoms with E-state index in [4.69, 9.17) is 4.74 Å². The highest BCUT2D eigenvalue weighted by Gasteiger charge is 2.23. The topological polar surface area (TPSA) is 68.3 Å². The molecule has 1 aromatic carbocycles. The van der Waals surface area contributed by atoms with Gasteiger partial charge in [0.15, 0.2) is 0 Å². The van der Waals surface area contributed by atoms with Crippen molar-refractivity contribution in [2.45, 2.75) is 34.1 Å². The van der Waals surface area contributed by atoms with Crippen LogP contribution in [0.5, 0.6) is 0 Å². The van der Waals surface area contributed by atoms with Crippen molar-refractivity contribution in [3.8, 4) is 11.1 Å². The first-order valence-corrected chi connectivity index (χ1v) is 10.5. The Bertz CT molecular complexity index is 1020. The minimum absolute atomic E-state index is 0.259. The Morgan fingerprint density at radius 2 is 1.83 bits per heavy atom. The first-order valence-electron chi connectivity index (χ1n) is 9.57. The molecule has 150 valence electrons. The van der Waals surface area contributed by atoms with Crippen molar-refractivity contribution in [1.29, 1.82) is 0 Å². The zero-order valence-corrected chi connectivity index (χ0v) is 17.9. The standard InChI is InChI=1S/C23H24N2O3S/c1-5-16-7-9-17(10-8-16)18-13-29-22(20(18)23(27)28-6-2)25-21(26)19-12-14(3)11-15(4)24-19/h7-13H,5-6H2,1-4H3,(H,25,26). The van der Waals surface area contributed by atoms with Gasteiger partial charge in [0, 0.05) is 16.6 Å². The number of ether oxygens (including phenoxy) is 1. The number of benzene rings is 1. The van der Waals surface area contributed by atoms with Gasteiger partial charge in [-0.25, -0.2) is 9.78 Å². The molecule has 0 unspecified atom stereocenters. The summed E-state index contributed by atoms with van der Waals surface area (Å²) in [4.78, 5) is 29.8. The van der Waals surface area contributed by atoms with Gasteiger partial charge in [-0.3, -0.25) is 4.79 Å². The SMILES string of the molecule is CCOC(=O)c1c(-c2ccc(CC)cc2)csc1NC(=O)c1cc(C)cc(C)n1. The van der Waals surface area contributed by atoms with E-state index >= 15 is 0 Å². The molecule has 0 aliphatic heterocycles. The first kappa shape index (κ1) is 20.7. The molecule has 5 nitrogen and oxygen atoms in total. The average molecular weight is 409 g/mol.